The van der Waals surface area contributed by atoms with Gasteiger partial charge in [0, 0.05) is 24.7 Å². The van der Waals surface area contributed by atoms with Gasteiger partial charge in [-0.1, -0.05) is 37.6 Å². The first-order valence-corrected chi connectivity index (χ1v) is 10.2. The minimum Gasteiger partial charge on any atom is -0.396 e. The third-order valence-electron chi connectivity index (χ3n) is 4.41. The van der Waals surface area contributed by atoms with Gasteiger partial charge in [-0.3, -0.25) is 13.9 Å². The number of aliphatic hydroxyl groups is 1. The molecule has 0 fully saturated rings. The van der Waals surface area contributed by atoms with Crippen LogP contribution >= 0.6 is 27.5 Å². The van der Waals surface area contributed by atoms with Gasteiger partial charge in [-0.2, -0.15) is 0 Å². The smallest absolute Gasteiger partial charge is 0.332 e. The molecule has 2 heterocycles. The quantitative estimate of drug-likeness (QED) is 0.540. The number of fused-ring (bicyclic) bond motifs is 1. The van der Waals surface area contributed by atoms with E-state index in [9.17, 15) is 9.59 Å². The molecule has 7 nitrogen and oxygen atoms in total. The Morgan fingerprint density at radius 1 is 1.14 bits per heavy atom. The van der Waals surface area contributed by atoms with E-state index in [2.05, 4.69) is 20.9 Å². The summed E-state index contributed by atoms with van der Waals surface area (Å²) in [5.41, 5.74) is 0.876. The van der Waals surface area contributed by atoms with E-state index in [1.165, 1.54) is 4.57 Å². The zero-order valence-electron chi connectivity index (χ0n) is 15.7. The summed E-state index contributed by atoms with van der Waals surface area (Å²) in [5.74, 6) is 0.199. The molecule has 150 valence electrons. The number of rotatable bonds is 7. The van der Waals surface area contributed by atoms with Gasteiger partial charge in [-0.05, 0) is 46.0 Å². The van der Waals surface area contributed by atoms with Crippen LogP contribution in [0.5, 0.6) is 0 Å². The van der Waals surface area contributed by atoms with E-state index in [1.54, 1.807) is 21.3 Å². The normalized spacial score (nSPS) is 11.6. The fourth-order valence-electron chi connectivity index (χ4n) is 3.14. The highest BCUT2D eigenvalue weighted by molar-refractivity contribution is 9.10. The molecule has 0 atom stereocenters. The summed E-state index contributed by atoms with van der Waals surface area (Å²) in [5, 5.41) is 9.79. The lowest BCUT2D eigenvalue weighted by Crippen LogP contribution is -2.41. The largest absolute Gasteiger partial charge is 0.396 e. The topological polar surface area (TPSA) is 82.0 Å². The van der Waals surface area contributed by atoms with Crippen LogP contribution in [0.2, 0.25) is 5.02 Å². The van der Waals surface area contributed by atoms with Gasteiger partial charge in [0.05, 0.1) is 6.54 Å². The van der Waals surface area contributed by atoms with Crippen LogP contribution in [-0.2, 0) is 19.6 Å². The van der Waals surface area contributed by atoms with E-state index in [1.807, 2.05) is 26.0 Å². The SMILES string of the molecule is CC(C)Cn1c(=O)n(CCCO)c(=O)c2c1nc(Br)n2Cc1ccc(Cl)cc1. The first-order valence-electron chi connectivity index (χ1n) is 9.08. The molecule has 9 heteroatoms. The molecule has 0 amide bonds. The van der Waals surface area contributed by atoms with Crippen molar-refractivity contribution in [2.24, 2.45) is 5.92 Å². The minimum atomic E-state index is -0.402. The third-order valence-corrected chi connectivity index (χ3v) is 5.27. The van der Waals surface area contributed by atoms with E-state index in [0.717, 1.165) is 5.56 Å². The fourth-order valence-corrected chi connectivity index (χ4v) is 3.73. The second-order valence-electron chi connectivity index (χ2n) is 7.09. The van der Waals surface area contributed by atoms with E-state index in [0.29, 0.717) is 40.4 Å². The van der Waals surface area contributed by atoms with Crippen molar-refractivity contribution in [3.05, 3.63) is 60.4 Å². The molecule has 1 N–H and O–H groups in total. The van der Waals surface area contributed by atoms with Gasteiger partial charge >= 0.3 is 5.69 Å². The van der Waals surface area contributed by atoms with Gasteiger partial charge in [-0.15, -0.1) is 0 Å². The number of benzene rings is 1. The van der Waals surface area contributed by atoms with Crippen molar-refractivity contribution in [1.82, 2.24) is 18.7 Å². The Morgan fingerprint density at radius 2 is 1.82 bits per heavy atom. The first kappa shape index (κ1) is 20.8. The maximum Gasteiger partial charge on any atom is 0.332 e. The van der Waals surface area contributed by atoms with Gasteiger partial charge in [0.25, 0.3) is 5.56 Å². The highest BCUT2D eigenvalue weighted by atomic mass is 79.9. The summed E-state index contributed by atoms with van der Waals surface area (Å²) >= 11 is 9.40. The Bertz CT molecular complexity index is 1100. The Labute approximate surface area is 175 Å². The first-order chi connectivity index (χ1) is 13.3. The maximum atomic E-state index is 13.1. The molecule has 0 unspecified atom stereocenters. The van der Waals surface area contributed by atoms with Gasteiger partial charge in [0.2, 0.25) is 0 Å². The predicted molar refractivity (Wildman–Crippen MR) is 113 cm³/mol. The van der Waals surface area contributed by atoms with E-state index in [-0.39, 0.29) is 19.1 Å². The summed E-state index contributed by atoms with van der Waals surface area (Å²) in [7, 11) is 0. The lowest BCUT2D eigenvalue weighted by Gasteiger charge is -2.14. The third kappa shape index (κ3) is 4.09. The average molecular weight is 470 g/mol. The van der Waals surface area contributed by atoms with Crippen molar-refractivity contribution >= 4 is 38.7 Å². The molecule has 0 saturated carbocycles. The monoisotopic (exact) mass is 468 g/mol. The molecule has 1 aromatic carbocycles. The number of halogens is 2. The van der Waals surface area contributed by atoms with Crippen LogP contribution < -0.4 is 11.2 Å². The lowest BCUT2D eigenvalue weighted by molar-refractivity contribution is 0.277. The van der Waals surface area contributed by atoms with Crippen molar-refractivity contribution in [2.45, 2.75) is 39.9 Å². The Balaban J connectivity index is 2.25. The standard InChI is InChI=1S/C19H22BrClN4O3/c1-12(2)10-25-16-15(17(27)23(19(25)28)8-3-9-26)24(18(20)22-16)11-13-4-6-14(21)7-5-13/h4-7,12,26H,3,8-11H2,1-2H3. The fraction of sp³-hybridized carbons (Fsp3) is 0.421. The Morgan fingerprint density at radius 3 is 2.43 bits per heavy atom. The van der Waals surface area contributed by atoms with E-state index < -0.39 is 11.2 Å². The van der Waals surface area contributed by atoms with Crippen LogP contribution in [-0.4, -0.2) is 30.4 Å². The zero-order chi connectivity index (χ0) is 20.4. The predicted octanol–water partition coefficient (Wildman–Crippen LogP) is 2.86. The van der Waals surface area contributed by atoms with Gasteiger partial charge < -0.3 is 9.67 Å². The van der Waals surface area contributed by atoms with E-state index in [4.69, 9.17) is 16.7 Å². The van der Waals surface area contributed by atoms with Crippen molar-refractivity contribution in [3.8, 4) is 0 Å². The highest BCUT2D eigenvalue weighted by Gasteiger charge is 2.21. The Hall–Kier alpha value is -1.90. The minimum absolute atomic E-state index is 0.0954. The van der Waals surface area contributed by atoms with Gasteiger partial charge in [0.15, 0.2) is 15.9 Å². The maximum absolute atomic E-state index is 13.1. The molecule has 0 aliphatic carbocycles. The molecule has 0 radical (unpaired) electrons. The molecule has 0 aliphatic rings. The van der Waals surface area contributed by atoms with Gasteiger partial charge in [-0.25, -0.2) is 9.78 Å². The van der Waals surface area contributed by atoms with Crippen LogP contribution in [0.4, 0.5) is 0 Å². The molecule has 0 aliphatic heterocycles. The summed E-state index contributed by atoms with van der Waals surface area (Å²) in [6, 6.07) is 7.35. The van der Waals surface area contributed by atoms with Crippen molar-refractivity contribution in [3.63, 3.8) is 0 Å². The average Bonchev–Trinajstić information content (AvgIpc) is 2.97. The molecule has 0 saturated heterocycles. The van der Waals surface area contributed by atoms with Crippen LogP contribution in [0.1, 0.15) is 25.8 Å². The number of hydrogen-bond acceptors (Lipinski definition) is 4. The van der Waals surface area contributed by atoms with Crippen LogP contribution in [0, 0.1) is 5.92 Å². The second kappa shape index (κ2) is 8.63. The summed E-state index contributed by atoms with van der Waals surface area (Å²) in [6.45, 7) is 4.92. The summed E-state index contributed by atoms with van der Waals surface area (Å²) in [6.07, 6.45) is 0.328. The van der Waals surface area contributed by atoms with Crippen molar-refractivity contribution < 1.29 is 5.11 Å². The van der Waals surface area contributed by atoms with Crippen molar-refractivity contribution in [2.75, 3.05) is 6.61 Å². The van der Waals surface area contributed by atoms with Crippen LogP contribution in [0.25, 0.3) is 11.2 Å². The number of hydrogen-bond donors (Lipinski definition) is 1. The molecule has 3 aromatic rings. The molecular weight excluding hydrogens is 448 g/mol. The molecular formula is C19H22BrClN4O3. The van der Waals surface area contributed by atoms with E-state index >= 15 is 0 Å². The molecule has 28 heavy (non-hydrogen) atoms. The number of aliphatic hydroxyl groups excluding tert-OH is 1. The highest BCUT2D eigenvalue weighted by Crippen LogP contribution is 2.20. The molecule has 3 rings (SSSR count). The van der Waals surface area contributed by atoms with Crippen LogP contribution in [0.3, 0.4) is 0 Å². The number of imidazole rings is 1. The van der Waals surface area contributed by atoms with Crippen LogP contribution in [0.15, 0.2) is 38.6 Å². The summed E-state index contributed by atoms with van der Waals surface area (Å²) < 4.78 is 4.97. The zero-order valence-corrected chi connectivity index (χ0v) is 18.1. The molecule has 0 spiro atoms. The second-order valence-corrected chi connectivity index (χ2v) is 8.23. The number of nitrogens with zero attached hydrogens (tertiary/aromatic N) is 4. The molecule has 2 aromatic heterocycles. The summed E-state index contributed by atoms with van der Waals surface area (Å²) in [4.78, 5) is 30.5. The number of aromatic nitrogens is 4. The van der Waals surface area contributed by atoms with Crippen molar-refractivity contribution in [1.29, 1.82) is 0 Å². The van der Waals surface area contributed by atoms with Gasteiger partial charge in [0.1, 0.15) is 0 Å². The lowest BCUT2D eigenvalue weighted by atomic mass is 10.2. The Kier molecular flexibility index (Phi) is 6.42. The molecule has 0 bridgehead atoms.